The molecule has 1 aliphatic carbocycles. The summed E-state index contributed by atoms with van der Waals surface area (Å²) in [5, 5.41) is 0. The van der Waals surface area contributed by atoms with E-state index in [9.17, 15) is 18.0 Å². The molecule has 140 valence electrons. The number of H-pyrrole nitrogens is 1. The number of fused-ring (bicyclic) bond motifs is 1. The summed E-state index contributed by atoms with van der Waals surface area (Å²) in [5.74, 6) is -0.521. The Morgan fingerprint density at radius 3 is 2.77 bits per heavy atom. The lowest BCUT2D eigenvalue weighted by Gasteiger charge is -2.24. The van der Waals surface area contributed by atoms with Gasteiger partial charge in [0.15, 0.2) is 5.58 Å². The Kier molecular flexibility index (Phi) is 4.36. The van der Waals surface area contributed by atoms with Crippen molar-refractivity contribution in [3.63, 3.8) is 0 Å². The van der Waals surface area contributed by atoms with E-state index in [4.69, 9.17) is 4.42 Å². The lowest BCUT2D eigenvalue weighted by molar-refractivity contribution is -0.129. The van der Waals surface area contributed by atoms with Gasteiger partial charge in [0.2, 0.25) is 15.9 Å². The summed E-state index contributed by atoms with van der Waals surface area (Å²) < 4.78 is 32.5. The molecule has 1 unspecified atom stereocenters. The SMILES string of the molecule is O=C1CC(CNS(=O)(=O)c2ccc3oc(=O)[nH]c3c2)CN1C1CCCC1. The van der Waals surface area contributed by atoms with E-state index in [1.807, 2.05) is 4.90 Å². The second-order valence-electron chi connectivity index (χ2n) is 7.08. The predicted molar refractivity (Wildman–Crippen MR) is 94.1 cm³/mol. The van der Waals surface area contributed by atoms with Crippen LogP contribution in [0.5, 0.6) is 0 Å². The molecule has 9 heteroatoms. The topological polar surface area (TPSA) is 112 Å². The molecule has 26 heavy (non-hydrogen) atoms. The van der Waals surface area contributed by atoms with Crippen LogP contribution in [0, 0.1) is 5.92 Å². The third-order valence-electron chi connectivity index (χ3n) is 5.27. The van der Waals surface area contributed by atoms with Crippen molar-refractivity contribution in [3.8, 4) is 0 Å². The molecule has 2 aliphatic rings. The number of amides is 1. The molecule has 1 saturated carbocycles. The molecule has 2 fully saturated rings. The smallest absolute Gasteiger partial charge is 0.408 e. The zero-order valence-electron chi connectivity index (χ0n) is 14.2. The maximum Gasteiger partial charge on any atom is 0.417 e. The number of likely N-dealkylation sites (tertiary alicyclic amines) is 1. The molecule has 1 aliphatic heterocycles. The number of sulfonamides is 1. The second-order valence-corrected chi connectivity index (χ2v) is 8.85. The van der Waals surface area contributed by atoms with Gasteiger partial charge in [-0.1, -0.05) is 12.8 Å². The molecule has 0 radical (unpaired) electrons. The van der Waals surface area contributed by atoms with E-state index in [0.717, 1.165) is 25.7 Å². The van der Waals surface area contributed by atoms with Gasteiger partial charge in [0, 0.05) is 25.6 Å². The van der Waals surface area contributed by atoms with Crippen LogP contribution in [0.4, 0.5) is 0 Å². The molecule has 0 bridgehead atoms. The number of carbonyl (C=O) groups excluding carboxylic acids is 1. The normalized spacial score (nSPS) is 21.9. The summed E-state index contributed by atoms with van der Waals surface area (Å²) >= 11 is 0. The second kappa shape index (κ2) is 6.55. The summed E-state index contributed by atoms with van der Waals surface area (Å²) in [6.45, 7) is 0.831. The molecule has 2 aromatic rings. The fourth-order valence-corrected chi connectivity index (χ4v) is 5.07. The van der Waals surface area contributed by atoms with E-state index >= 15 is 0 Å². The summed E-state index contributed by atoms with van der Waals surface area (Å²) in [4.78, 5) is 27.8. The molecule has 1 amide bonds. The zero-order valence-corrected chi connectivity index (χ0v) is 15.0. The molecule has 2 heterocycles. The van der Waals surface area contributed by atoms with Crippen LogP contribution >= 0.6 is 0 Å². The van der Waals surface area contributed by atoms with Crippen LogP contribution < -0.4 is 10.5 Å². The van der Waals surface area contributed by atoms with Gasteiger partial charge in [-0.15, -0.1) is 0 Å². The van der Waals surface area contributed by atoms with Crippen LogP contribution in [0.15, 0.2) is 32.3 Å². The highest BCUT2D eigenvalue weighted by molar-refractivity contribution is 7.89. The lowest BCUT2D eigenvalue weighted by Crippen LogP contribution is -2.36. The highest BCUT2D eigenvalue weighted by Gasteiger charge is 2.35. The molecule has 1 aromatic carbocycles. The third kappa shape index (κ3) is 3.28. The quantitative estimate of drug-likeness (QED) is 0.810. The number of nitrogens with zero attached hydrogens (tertiary/aromatic N) is 1. The maximum atomic E-state index is 12.5. The van der Waals surface area contributed by atoms with Crippen LogP contribution in [-0.2, 0) is 14.8 Å². The third-order valence-corrected chi connectivity index (χ3v) is 6.69. The van der Waals surface area contributed by atoms with Crippen molar-refractivity contribution < 1.29 is 17.6 Å². The standard InChI is InChI=1S/C17H21N3O5S/c21-16-7-11(10-20(16)12-3-1-2-4-12)9-18-26(23,24)13-5-6-15-14(8-13)19-17(22)25-15/h5-6,8,11-12,18H,1-4,7,9-10H2,(H,19,22). The Hall–Kier alpha value is -2.13. The Balaban J connectivity index is 1.42. The molecular formula is C17H21N3O5S. The first kappa shape index (κ1) is 17.3. The number of oxazole rings is 1. The van der Waals surface area contributed by atoms with Crippen molar-refractivity contribution in [2.24, 2.45) is 5.92 Å². The molecule has 1 saturated heterocycles. The van der Waals surface area contributed by atoms with E-state index < -0.39 is 15.8 Å². The highest BCUT2D eigenvalue weighted by Crippen LogP contribution is 2.29. The number of benzene rings is 1. The van der Waals surface area contributed by atoms with E-state index in [2.05, 4.69) is 9.71 Å². The summed E-state index contributed by atoms with van der Waals surface area (Å²) in [5.41, 5.74) is 0.642. The van der Waals surface area contributed by atoms with Crippen LogP contribution in [0.1, 0.15) is 32.1 Å². The van der Waals surface area contributed by atoms with Gasteiger partial charge < -0.3 is 9.32 Å². The van der Waals surface area contributed by atoms with Crippen molar-refractivity contribution in [3.05, 3.63) is 28.7 Å². The van der Waals surface area contributed by atoms with Gasteiger partial charge >= 0.3 is 5.76 Å². The van der Waals surface area contributed by atoms with Crippen LogP contribution in [0.2, 0.25) is 0 Å². The highest BCUT2D eigenvalue weighted by atomic mass is 32.2. The number of nitrogens with one attached hydrogen (secondary N) is 2. The number of aromatic nitrogens is 1. The first-order valence-corrected chi connectivity index (χ1v) is 10.3. The van der Waals surface area contributed by atoms with Crippen LogP contribution in [-0.4, -0.2) is 43.3 Å². The molecule has 2 N–H and O–H groups in total. The van der Waals surface area contributed by atoms with E-state index in [0.29, 0.717) is 30.1 Å². The number of aromatic amines is 1. The van der Waals surface area contributed by atoms with Gasteiger partial charge in [0.05, 0.1) is 10.4 Å². The molecule has 8 nitrogen and oxygen atoms in total. The minimum atomic E-state index is -3.73. The minimum Gasteiger partial charge on any atom is -0.408 e. The number of hydrogen-bond acceptors (Lipinski definition) is 5. The summed E-state index contributed by atoms with van der Waals surface area (Å²) in [6.07, 6.45) is 4.79. The van der Waals surface area contributed by atoms with Gasteiger partial charge in [-0.2, -0.15) is 0 Å². The maximum absolute atomic E-state index is 12.5. The Morgan fingerprint density at radius 2 is 2.00 bits per heavy atom. The van der Waals surface area contributed by atoms with Gasteiger partial charge in [0.25, 0.3) is 0 Å². The first-order valence-electron chi connectivity index (χ1n) is 8.84. The minimum absolute atomic E-state index is 0.0182. The van der Waals surface area contributed by atoms with Gasteiger partial charge in [0.1, 0.15) is 0 Å². The average Bonchev–Trinajstić information content (AvgIpc) is 3.30. The van der Waals surface area contributed by atoms with Crippen molar-refractivity contribution in [2.75, 3.05) is 13.1 Å². The van der Waals surface area contributed by atoms with E-state index in [1.54, 1.807) is 0 Å². The largest absolute Gasteiger partial charge is 0.417 e. The number of carbonyl (C=O) groups is 1. The molecular weight excluding hydrogens is 358 g/mol. The lowest BCUT2D eigenvalue weighted by atomic mass is 10.1. The van der Waals surface area contributed by atoms with E-state index in [1.165, 1.54) is 18.2 Å². The number of rotatable bonds is 5. The first-order chi connectivity index (χ1) is 12.4. The fourth-order valence-electron chi connectivity index (χ4n) is 3.92. The Bertz CT molecular complexity index is 987. The molecule has 0 spiro atoms. The van der Waals surface area contributed by atoms with Crippen LogP contribution in [0.3, 0.4) is 0 Å². The van der Waals surface area contributed by atoms with Gasteiger partial charge in [-0.3, -0.25) is 9.78 Å². The molecule has 1 atom stereocenters. The monoisotopic (exact) mass is 379 g/mol. The van der Waals surface area contributed by atoms with Gasteiger partial charge in [-0.25, -0.2) is 17.9 Å². The summed E-state index contributed by atoms with van der Waals surface area (Å²) in [7, 11) is -3.73. The summed E-state index contributed by atoms with van der Waals surface area (Å²) in [6, 6.07) is 4.53. The number of hydrogen-bond donors (Lipinski definition) is 2. The van der Waals surface area contributed by atoms with E-state index in [-0.39, 0.29) is 23.3 Å². The zero-order chi connectivity index (χ0) is 18.3. The van der Waals surface area contributed by atoms with Crippen molar-refractivity contribution in [1.82, 2.24) is 14.6 Å². The molecule has 1 aromatic heterocycles. The Labute approximate surface area is 150 Å². The van der Waals surface area contributed by atoms with Crippen molar-refractivity contribution in [1.29, 1.82) is 0 Å². The molecule has 4 rings (SSSR count). The fraction of sp³-hybridized carbons (Fsp3) is 0.529. The Morgan fingerprint density at radius 1 is 1.23 bits per heavy atom. The van der Waals surface area contributed by atoms with Crippen LogP contribution in [0.25, 0.3) is 11.1 Å². The van der Waals surface area contributed by atoms with Gasteiger partial charge in [-0.05, 0) is 37.0 Å². The average molecular weight is 379 g/mol. The predicted octanol–water partition coefficient (Wildman–Crippen LogP) is 1.19. The van der Waals surface area contributed by atoms with Crippen molar-refractivity contribution in [2.45, 2.75) is 43.0 Å². The van der Waals surface area contributed by atoms with Crippen molar-refractivity contribution >= 4 is 27.0 Å².